The summed E-state index contributed by atoms with van der Waals surface area (Å²) in [6.07, 6.45) is 0.249. The Balaban J connectivity index is 1.11. The molecule has 0 radical (unpaired) electrons. The van der Waals surface area contributed by atoms with Crippen LogP contribution in [-0.2, 0) is 12.7 Å². The number of rotatable bonds is 7. The molecular weight excluding hydrogens is 604 g/mol. The van der Waals surface area contributed by atoms with Gasteiger partial charge in [0.25, 0.3) is 0 Å². The van der Waals surface area contributed by atoms with Crippen molar-refractivity contribution in [3.05, 3.63) is 82.5 Å². The summed E-state index contributed by atoms with van der Waals surface area (Å²) >= 11 is 0. The zero-order valence-corrected chi connectivity index (χ0v) is 25.2. The standard InChI is InChI=1S/C32H32F4N8O2/c1-19(2)44-25(13-28(41-44)32(34,35)36)22-12-21(33)4-6-26(22)46-27-14-37-18-38-29(27)43-10-8-31(17-43)7-9-42(16-31)15-20-3-5-23-24(11-20)40-30(45)39-23/h3-6,11-14,18-19H,7-10,15-17H2,1-2H3,(H2,39,40,45). The molecule has 1 atom stereocenters. The van der Waals surface area contributed by atoms with Crippen molar-refractivity contribution in [3.8, 4) is 22.8 Å². The van der Waals surface area contributed by atoms with Crippen LogP contribution in [0.2, 0.25) is 0 Å². The van der Waals surface area contributed by atoms with E-state index in [0.29, 0.717) is 11.6 Å². The second-order valence-corrected chi connectivity index (χ2v) is 12.5. The minimum Gasteiger partial charge on any atom is -0.451 e. The smallest absolute Gasteiger partial charge is 0.435 e. The molecule has 46 heavy (non-hydrogen) atoms. The van der Waals surface area contributed by atoms with E-state index < -0.39 is 23.7 Å². The molecule has 5 heterocycles. The number of halogens is 4. The lowest BCUT2D eigenvalue weighted by atomic mass is 9.86. The maximum Gasteiger partial charge on any atom is 0.435 e. The molecule has 2 aliphatic heterocycles. The van der Waals surface area contributed by atoms with Gasteiger partial charge in [-0.05, 0) is 75.2 Å². The Bertz CT molecular complexity index is 1970. The zero-order valence-electron chi connectivity index (χ0n) is 25.2. The van der Waals surface area contributed by atoms with Crippen molar-refractivity contribution in [1.82, 2.24) is 34.6 Å². The summed E-state index contributed by atoms with van der Waals surface area (Å²) in [6.45, 7) is 7.49. The van der Waals surface area contributed by atoms with Crippen molar-refractivity contribution in [3.63, 3.8) is 0 Å². The first-order valence-electron chi connectivity index (χ1n) is 15.1. The van der Waals surface area contributed by atoms with Gasteiger partial charge in [-0.25, -0.2) is 19.2 Å². The number of likely N-dealkylation sites (tertiary alicyclic amines) is 1. The van der Waals surface area contributed by atoms with E-state index in [1.54, 1.807) is 13.8 Å². The summed E-state index contributed by atoms with van der Waals surface area (Å²) < 4.78 is 62.9. The molecule has 7 rings (SSSR count). The number of aromatic amines is 2. The lowest BCUT2D eigenvalue weighted by molar-refractivity contribution is -0.141. The normalized spacial score (nSPS) is 18.9. The summed E-state index contributed by atoms with van der Waals surface area (Å²) in [5, 5.41) is 3.76. The van der Waals surface area contributed by atoms with Crippen LogP contribution >= 0.6 is 0 Å². The number of fused-ring (bicyclic) bond motifs is 1. The van der Waals surface area contributed by atoms with Crippen molar-refractivity contribution in [2.75, 3.05) is 31.1 Å². The minimum absolute atomic E-state index is 0.0491. The van der Waals surface area contributed by atoms with Crippen LogP contribution in [0.4, 0.5) is 23.4 Å². The SMILES string of the molecule is CC(C)n1nc(C(F)(F)F)cc1-c1cc(F)ccc1Oc1cncnc1N1CCC2(CCN(Cc3ccc4[nH]c(=O)[nH]c4c3)C2)C1. The molecule has 14 heteroatoms. The van der Waals surface area contributed by atoms with Crippen molar-refractivity contribution in [2.24, 2.45) is 5.41 Å². The van der Waals surface area contributed by atoms with Crippen LogP contribution in [0.1, 0.15) is 44.0 Å². The third kappa shape index (κ3) is 5.72. The molecule has 2 saturated heterocycles. The third-order valence-electron chi connectivity index (χ3n) is 8.85. The lowest BCUT2D eigenvalue weighted by Gasteiger charge is -2.26. The first-order valence-corrected chi connectivity index (χ1v) is 15.1. The maximum absolute atomic E-state index is 14.5. The Morgan fingerprint density at radius 1 is 1.00 bits per heavy atom. The van der Waals surface area contributed by atoms with Gasteiger partial charge in [-0.1, -0.05) is 6.07 Å². The highest BCUT2D eigenvalue weighted by Crippen LogP contribution is 2.44. The average molecular weight is 637 g/mol. The van der Waals surface area contributed by atoms with Gasteiger partial charge in [-0.3, -0.25) is 9.58 Å². The molecule has 2 aliphatic rings. The summed E-state index contributed by atoms with van der Waals surface area (Å²) in [5.41, 5.74) is 1.68. The molecule has 240 valence electrons. The molecule has 0 aliphatic carbocycles. The second kappa shape index (κ2) is 11.3. The number of aromatic nitrogens is 6. The van der Waals surface area contributed by atoms with Crippen molar-refractivity contribution >= 4 is 16.9 Å². The predicted molar refractivity (Wildman–Crippen MR) is 163 cm³/mol. The Labute approximate surface area is 261 Å². The van der Waals surface area contributed by atoms with Gasteiger partial charge in [-0.15, -0.1) is 0 Å². The van der Waals surface area contributed by atoms with Gasteiger partial charge >= 0.3 is 11.9 Å². The Hall–Kier alpha value is -4.72. The van der Waals surface area contributed by atoms with E-state index in [4.69, 9.17) is 4.74 Å². The highest BCUT2D eigenvalue weighted by atomic mass is 19.4. The average Bonchev–Trinajstić information content (AvgIpc) is 3.80. The number of hydrogen-bond acceptors (Lipinski definition) is 7. The number of H-pyrrole nitrogens is 2. The molecule has 2 fully saturated rings. The first kappa shape index (κ1) is 30.0. The van der Waals surface area contributed by atoms with E-state index in [-0.39, 0.29) is 28.1 Å². The summed E-state index contributed by atoms with van der Waals surface area (Å²) in [7, 11) is 0. The van der Waals surface area contributed by atoms with Crippen LogP contribution in [0, 0.1) is 11.2 Å². The van der Waals surface area contributed by atoms with E-state index in [2.05, 4.69) is 34.8 Å². The predicted octanol–water partition coefficient (Wildman–Crippen LogP) is 6.14. The fourth-order valence-electron chi connectivity index (χ4n) is 6.71. The summed E-state index contributed by atoms with van der Waals surface area (Å²) in [6, 6.07) is 10.2. The third-order valence-corrected chi connectivity index (χ3v) is 8.85. The maximum atomic E-state index is 14.5. The van der Waals surface area contributed by atoms with Crippen LogP contribution in [0.15, 0.2) is 59.8 Å². The number of imidazole rings is 1. The topological polar surface area (TPSA) is 108 Å². The van der Waals surface area contributed by atoms with Gasteiger partial charge < -0.3 is 19.6 Å². The highest BCUT2D eigenvalue weighted by Gasteiger charge is 2.44. The van der Waals surface area contributed by atoms with Gasteiger partial charge in [0.1, 0.15) is 17.9 Å². The van der Waals surface area contributed by atoms with Gasteiger partial charge in [0.05, 0.1) is 22.9 Å². The second-order valence-electron chi connectivity index (χ2n) is 12.5. The number of alkyl halides is 3. The summed E-state index contributed by atoms with van der Waals surface area (Å²) in [5.74, 6) is 0.429. The Morgan fingerprint density at radius 3 is 2.61 bits per heavy atom. The number of ether oxygens (including phenoxy) is 1. The lowest BCUT2D eigenvalue weighted by Crippen LogP contribution is -2.31. The van der Waals surface area contributed by atoms with E-state index in [0.717, 1.165) is 74.3 Å². The van der Waals surface area contributed by atoms with Crippen LogP contribution in [0.25, 0.3) is 22.3 Å². The fourth-order valence-corrected chi connectivity index (χ4v) is 6.71. The molecule has 0 bridgehead atoms. The van der Waals surface area contributed by atoms with E-state index in [1.807, 2.05) is 18.2 Å². The first-order chi connectivity index (χ1) is 22.0. The molecule has 3 aromatic heterocycles. The van der Waals surface area contributed by atoms with Crippen LogP contribution < -0.4 is 15.3 Å². The fraction of sp³-hybridized carbons (Fsp3) is 0.375. The molecular formula is C32H32F4N8O2. The largest absolute Gasteiger partial charge is 0.451 e. The van der Waals surface area contributed by atoms with Crippen LogP contribution in [-0.4, -0.2) is 60.8 Å². The number of nitrogens with one attached hydrogen (secondary N) is 2. The van der Waals surface area contributed by atoms with E-state index in [9.17, 15) is 22.4 Å². The number of hydrogen-bond donors (Lipinski definition) is 2. The van der Waals surface area contributed by atoms with Crippen LogP contribution in [0.5, 0.6) is 11.5 Å². The molecule has 2 aromatic carbocycles. The molecule has 10 nitrogen and oxygen atoms in total. The van der Waals surface area contributed by atoms with E-state index >= 15 is 0 Å². The highest BCUT2D eigenvalue weighted by molar-refractivity contribution is 5.75. The monoisotopic (exact) mass is 636 g/mol. The molecule has 0 saturated carbocycles. The van der Waals surface area contributed by atoms with Crippen molar-refractivity contribution in [2.45, 2.75) is 45.5 Å². The van der Waals surface area contributed by atoms with Crippen LogP contribution in [0.3, 0.4) is 0 Å². The van der Waals surface area contributed by atoms with Gasteiger partial charge in [0.2, 0.25) is 0 Å². The number of nitrogens with zero attached hydrogens (tertiary/aromatic N) is 6. The molecule has 5 aromatic rings. The molecule has 1 spiro atoms. The number of anilines is 1. The molecule has 1 unspecified atom stereocenters. The number of benzene rings is 2. The Kier molecular flexibility index (Phi) is 7.34. The summed E-state index contributed by atoms with van der Waals surface area (Å²) in [4.78, 5) is 30.5. The van der Waals surface area contributed by atoms with Crippen molar-refractivity contribution < 1.29 is 22.3 Å². The Morgan fingerprint density at radius 2 is 1.80 bits per heavy atom. The van der Waals surface area contributed by atoms with Gasteiger partial charge in [0, 0.05) is 43.2 Å². The zero-order chi connectivity index (χ0) is 32.2. The van der Waals surface area contributed by atoms with Gasteiger partial charge in [-0.2, -0.15) is 18.3 Å². The minimum atomic E-state index is -4.67. The molecule has 0 amide bonds. The quantitative estimate of drug-likeness (QED) is 0.207. The van der Waals surface area contributed by atoms with Crippen molar-refractivity contribution in [1.29, 1.82) is 0 Å². The molecule has 2 N–H and O–H groups in total. The van der Waals surface area contributed by atoms with Gasteiger partial charge in [0.15, 0.2) is 17.3 Å². The van der Waals surface area contributed by atoms with E-state index in [1.165, 1.54) is 29.3 Å².